The summed E-state index contributed by atoms with van der Waals surface area (Å²) in [5, 5.41) is 3.27. The molecule has 1 aromatic heterocycles. The van der Waals surface area contributed by atoms with Crippen molar-refractivity contribution in [3.05, 3.63) is 10.9 Å². The summed E-state index contributed by atoms with van der Waals surface area (Å²) in [6.45, 7) is 3.80. The third kappa shape index (κ3) is 2.27. The van der Waals surface area contributed by atoms with Crippen molar-refractivity contribution in [3.8, 4) is 0 Å². The first-order valence-electron chi connectivity index (χ1n) is 4.82. The molecule has 0 radical (unpaired) electrons. The molecule has 0 amide bonds. The van der Waals surface area contributed by atoms with E-state index in [1.807, 2.05) is 0 Å². The van der Waals surface area contributed by atoms with E-state index in [2.05, 4.69) is 19.3 Å². The van der Waals surface area contributed by atoms with E-state index in [1.54, 1.807) is 6.07 Å². The number of carbonyl (C=O) groups is 1. The van der Waals surface area contributed by atoms with Gasteiger partial charge in [0.15, 0.2) is 0 Å². The Morgan fingerprint density at radius 1 is 1.60 bits per heavy atom. The Kier molecular flexibility index (Phi) is 3.17. The minimum Gasteiger partial charge on any atom is -0.465 e. The number of esters is 1. The standard InChI is InChI=1S/C9H13N3O2S/c1-14-9(13)7-6-8(11-15-7)12-4-2-10-3-5-12/h6,10H,2-5H2,1H3. The van der Waals surface area contributed by atoms with E-state index in [-0.39, 0.29) is 5.97 Å². The van der Waals surface area contributed by atoms with Crippen LogP contribution in [0.5, 0.6) is 0 Å². The maximum atomic E-state index is 11.2. The number of hydrogen-bond donors (Lipinski definition) is 1. The zero-order valence-corrected chi connectivity index (χ0v) is 9.34. The molecule has 1 aromatic rings. The molecule has 6 heteroatoms. The fourth-order valence-corrected chi connectivity index (χ4v) is 2.18. The molecule has 1 saturated heterocycles. The van der Waals surface area contributed by atoms with Gasteiger partial charge >= 0.3 is 5.97 Å². The van der Waals surface area contributed by atoms with E-state index in [0.29, 0.717) is 4.88 Å². The number of aromatic nitrogens is 1. The fraction of sp³-hybridized carbons (Fsp3) is 0.556. The molecule has 5 nitrogen and oxygen atoms in total. The van der Waals surface area contributed by atoms with Crippen molar-refractivity contribution in [1.82, 2.24) is 9.69 Å². The Bertz CT molecular complexity index is 347. The van der Waals surface area contributed by atoms with Crippen LogP contribution in [0.2, 0.25) is 0 Å². The molecular weight excluding hydrogens is 214 g/mol. The van der Waals surface area contributed by atoms with Crippen LogP contribution in [0.3, 0.4) is 0 Å². The van der Waals surface area contributed by atoms with Gasteiger partial charge in [0.25, 0.3) is 0 Å². The molecular formula is C9H13N3O2S. The minimum atomic E-state index is -0.311. The second-order valence-electron chi connectivity index (χ2n) is 3.28. The maximum Gasteiger partial charge on any atom is 0.349 e. The van der Waals surface area contributed by atoms with Crippen LogP contribution in [0.25, 0.3) is 0 Å². The number of nitrogens with zero attached hydrogens (tertiary/aromatic N) is 2. The Balaban J connectivity index is 2.08. The smallest absolute Gasteiger partial charge is 0.349 e. The van der Waals surface area contributed by atoms with E-state index >= 15 is 0 Å². The van der Waals surface area contributed by atoms with Crippen molar-refractivity contribution in [2.75, 3.05) is 38.2 Å². The zero-order chi connectivity index (χ0) is 10.7. The predicted octanol–water partition coefficient (Wildman–Crippen LogP) is 0.339. The first kappa shape index (κ1) is 10.4. The van der Waals surface area contributed by atoms with Crippen molar-refractivity contribution in [2.45, 2.75) is 0 Å². The highest BCUT2D eigenvalue weighted by atomic mass is 32.1. The van der Waals surface area contributed by atoms with E-state index in [1.165, 1.54) is 18.6 Å². The molecule has 1 aliphatic rings. The molecule has 1 fully saturated rings. The van der Waals surface area contributed by atoms with Gasteiger partial charge in [-0.2, -0.15) is 4.37 Å². The van der Waals surface area contributed by atoms with Gasteiger partial charge in [0.1, 0.15) is 10.7 Å². The van der Waals surface area contributed by atoms with Gasteiger partial charge in [0, 0.05) is 32.2 Å². The number of piperazine rings is 1. The van der Waals surface area contributed by atoms with Gasteiger partial charge in [-0.25, -0.2) is 4.79 Å². The molecule has 0 saturated carbocycles. The highest BCUT2D eigenvalue weighted by molar-refractivity contribution is 7.08. The van der Waals surface area contributed by atoms with Gasteiger partial charge in [0.2, 0.25) is 0 Å². The summed E-state index contributed by atoms with van der Waals surface area (Å²) in [6.07, 6.45) is 0. The van der Waals surface area contributed by atoms with Crippen molar-refractivity contribution < 1.29 is 9.53 Å². The lowest BCUT2D eigenvalue weighted by Gasteiger charge is -2.26. The Morgan fingerprint density at radius 2 is 2.33 bits per heavy atom. The van der Waals surface area contributed by atoms with Crippen LogP contribution in [0, 0.1) is 0 Å². The van der Waals surface area contributed by atoms with Crippen molar-refractivity contribution >= 4 is 23.3 Å². The number of methoxy groups -OCH3 is 1. The topological polar surface area (TPSA) is 54.5 Å². The fourth-order valence-electron chi connectivity index (χ4n) is 1.51. The molecule has 2 heterocycles. The highest BCUT2D eigenvalue weighted by Crippen LogP contribution is 2.19. The lowest BCUT2D eigenvalue weighted by molar-refractivity contribution is 0.0606. The van der Waals surface area contributed by atoms with E-state index in [9.17, 15) is 4.79 Å². The maximum absolute atomic E-state index is 11.2. The van der Waals surface area contributed by atoms with E-state index in [0.717, 1.165) is 32.0 Å². The lowest BCUT2D eigenvalue weighted by atomic mass is 10.3. The first-order valence-corrected chi connectivity index (χ1v) is 5.59. The van der Waals surface area contributed by atoms with Gasteiger partial charge in [-0.05, 0) is 11.5 Å². The zero-order valence-electron chi connectivity index (χ0n) is 8.52. The second kappa shape index (κ2) is 4.59. The third-order valence-corrected chi connectivity index (χ3v) is 3.08. The van der Waals surface area contributed by atoms with Crippen LogP contribution >= 0.6 is 11.5 Å². The van der Waals surface area contributed by atoms with Crippen molar-refractivity contribution in [1.29, 1.82) is 0 Å². The molecule has 0 aliphatic carbocycles. The number of hydrogen-bond acceptors (Lipinski definition) is 6. The predicted molar refractivity (Wildman–Crippen MR) is 58.5 cm³/mol. The molecule has 0 bridgehead atoms. The summed E-state index contributed by atoms with van der Waals surface area (Å²) in [5.41, 5.74) is 0. The molecule has 0 atom stereocenters. The Labute approximate surface area is 92.2 Å². The highest BCUT2D eigenvalue weighted by Gasteiger charge is 2.16. The van der Waals surface area contributed by atoms with Gasteiger partial charge in [-0.15, -0.1) is 0 Å². The van der Waals surface area contributed by atoms with Crippen LogP contribution in [0.15, 0.2) is 6.07 Å². The summed E-state index contributed by atoms with van der Waals surface area (Å²) in [5.74, 6) is 0.566. The summed E-state index contributed by atoms with van der Waals surface area (Å²) >= 11 is 1.19. The van der Waals surface area contributed by atoms with Crippen LogP contribution in [-0.2, 0) is 4.74 Å². The summed E-state index contributed by atoms with van der Waals surface area (Å²) in [6, 6.07) is 1.79. The normalized spacial score (nSPS) is 16.5. The van der Waals surface area contributed by atoms with E-state index in [4.69, 9.17) is 0 Å². The summed E-state index contributed by atoms with van der Waals surface area (Å²) < 4.78 is 8.89. The number of carbonyl (C=O) groups excluding carboxylic acids is 1. The molecule has 1 aliphatic heterocycles. The Morgan fingerprint density at radius 3 is 3.00 bits per heavy atom. The second-order valence-corrected chi connectivity index (χ2v) is 4.08. The largest absolute Gasteiger partial charge is 0.465 e. The molecule has 82 valence electrons. The van der Waals surface area contributed by atoms with E-state index < -0.39 is 0 Å². The number of anilines is 1. The van der Waals surface area contributed by atoms with Crippen molar-refractivity contribution in [2.24, 2.45) is 0 Å². The summed E-state index contributed by atoms with van der Waals surface area (Å²) in [4.78, 5) is 14.0. The van der Waals surface area contributed by atoms with Crippen LogP contribution in [0.4, 0.5) is 5.82 Å². The van der Waals surface area contributed by atoms with Gasteiger partial charge in [-0.3, -0.25) is 0 Å². The molecule has 1 N–H and O–H groups in total. The number of nitrogens with one attached hydrogen (secondary N) is 1. The lowest BCUT2D eigenvalue weighted by Crippen LogP contribution is -2.43. The van der Waals surface area contributed by atoms with Crippen LogP contribution in [0.1, 0.15) is 9.67 Å². The molecule has 0 aromatic carbocycles. The molecule has 0 spiro atoms. The van der Waals surface area contributed by atoms with Crippen molar-refractivity contribution in [3.63, 3.8) is 0 Å². The monoisotopic (exact) mass is 227 g/mol. The third-order valence-electron chi connectivity index (χ3n) is 2.33. The molecule has 15 heavy (non-hydrogen) atoms. The first-order chi connectivity index (χ1) is 7.31. The summed E-state index contributed by atoms with van der Waals surface area (Å²) in [7, 11) is 1.38. The average molecular weight is 227 g/mol. The Hall–Kier alpha value is -1.14. The number of rotatable bonds is 2. The minimum absolute atomic E-state index is 0.311. The van der Waals surface area contributed by atoms with Crippen LogP contribution in [-0.4, -0.2) is 43.6 Å². The quantitative estimate of drug-likeness (QED) is 0.738. The number of ether oxygens (including phenoxy) is 1. The van der Waals surface area contributed by atoms with Gasteiger partial charge < -0.3 is 15.0 Å². The van der Waals surface area contributed by atoms with Crippen LogP contribution < -0.4 is 10.2 Å². The van der Waals surface area contributed by atoms with Gasteiger partial charge in [-0.1, -0.05) is 0 Å². The average Bonchev–Trinajstić information content (AvgIpc) is 2.78. The molecule has 0 unspecified atom stereocenters. The molecule has 2 rings (SSSR count). The SMILES string of the molecule is COC(=O)c1cc(N2CCNCC2)ns1. The van der Waals surface area contributed by atoms with Gasteiger partial charge in [0.05, 0.1) is 7.11 Å².